The molecule has 0 bridgehead atoms. The third kappa shape index (κ3) is 3.52. The van der Waals surface area contributed by atoms with Crippen molar-refractivity contribution in [1.82, 2.24) is 0 Å². The minimum Gasteiger partial charge on any atom is -0.497 e. The Morgan fingerprint density at radius 3 is 2.62 bits per heavy atom. The maximum Gasteiger partial charge on any atom is 0.120 e. The number of nitrogens with zero attached hydrogens (tertiary/aromatic N) is 1. The Kier molecular flexibility index (Phi) is 4.82. The van der Waals surface area contributed by atoms with Crippen LogP contribution in [0.4, 0.5) is 5.69 Å². The third-order valence-electron chi connectivity index (χ3n) is 5.29. The van der Waals surface area contributed by atoms with Gasteiger partial charge in [-0.3, -0.25) is 0 Å². The van der Waals surface area contributed by atoms with E-state index in [0.717, 1.165) is 12.2 Å². The Bertz CT molecular complexity index is 472. The van der Waals surface area contributed by atoms with Gasteiger partial charge in [0.15, 0.2) is 0 Å². The first-order valence-electron chi connectivity index (χ1n) is 8.00. The summed E-state index contributed by atoms with van der Waals surface area (Å²) < 4.78 is 5.36. The molecule has 0 aromatic heterocycles. The number of benzene rings is 1. The summed E-state index contributed by atoms with van der Waals surface area (Å²) in [5, 5.41) is 0. The van der Waals surface area contributed by atoms with Crippen molar-refractivity contribution in [2.45, 2.75) is 51.5 Å². The predicted octanol–water partition coefficient (Wildman–Crippen LogP) is 3.82. The van der Waals surface area contributed by atoms with Crippen molar-refractivity contribution in [3.63, 3.8) is 0 Å². The van der Waals surface area contributed by atoms with Crippen molar-refractivity contribution in [2.24, 2.45) is 11.1 Å². The fraction of sp³-hybridized carbons (Fsp3) is 0.667. The van der Waals surface area contributed by atoms with Crippen molar-refractivity contribution in [2.75, 3.05) is 25.6 Å². The maximum atomic E-state index is 6.23. The molecule has 2 N–H and O–H groups in total. The van der Waals surface area contributed by atoms with Crippen LogP contribution in [0.15, 0.2) is 24.3 Å². The normalized spacial score (nSPS) is 25.2. The smallest absolute Gasteiger partial charge is 0.120 e. The van der Waals surface area contributed by atoms with Crippen LogP contribution in [0.5, 0.6) is 5.75 Å². The average Bonchev–Trinajstić information content (AvgIpc) is 2.65. The molecule has 1 aromatic rings. The molecule has 0 spiro atoms. The number of rotatable bonds is 4. The first kappa shape index (κ1) is 16.2. The molecule has 1 aliphatic rings. The van der Waals surface area contributed by atoms with Gasteiger partial charge >= 0.3 is 0 Å². The van der Waals surface area contributed by atoms with Gasteiger partial charge < -0.3 is 15.4 Å². The molecule has 3 heteroatoms. The largest absolute Gasteiger partial charge is 0.497 e. The first-order chi connectivity index (χ1) is 9.92. The lowest BCUT2D eigenvalue weighted by Crippen LogP contribution is -2.52. The van der Waals surface area contributed by atoms with Crippen molar-refractivity contribution in [3.05, 3.63) is 24.3 Å². The van der Waals surface area contributed by atoms with Gasteiger partial charge in [-0.05, 0) is 43.2 Å². The second-order valence-electron chi connectivity index (χ2n) is 7.21. The van der Waals surface area contributed by atoms with Crippen LogP contribution in [0, 0.1) is 5.41 Å². The molecule has 3 nitrogen and oxygen atoms in total. The van der Waals surface area contributed by atoms with Crippen LogP contribution in [0.1, 0.15) is 46.0 Å². The van der Waals surface area contributed by atoms with Gasteiger partial charge in [0, 0.05) is 25.3 Å². The van der Waals surface area contributed by atoms with Crippen LogP contribution in [0.2, 0.25) is 0 Å². The van der Waals surface area contributed by atoms with Crippen molar-refractivity contribution in [1.29, 1.82) is 0 Å². The van der Waals surface area contributed by atoms with Crippen LogP contribution in [-0.2, 0) is 0 Å². The number of hydrogen-bond donors (Lipinski definition) is 1. The van der Waals surface area contributed by atoms with Gasteiger partial charge in [-0.15, -0.1) is 0 Å². The van der Waals surface area contributed by atoms with Crippen LogP contribution in [0.3, 0.4) is 0 Å². The Labute approximate surface area is 129 Å². The summed E-state index contributed by atoms with van der Waals surface area (Å²) >= 11 is 0. The first-order valence-corrected chi connectivity index (χ1v) is 8.00. The minimum atomic E-state index is 0.0696. The van der Waals surface area contributed by atoms with E-state index in [2.05, 4.69) is 44.0 Å². The highest BCUT2D eigenvalue weighted by Crippen LogP contribution is 2.41. The van der Waals surface area contributed by atoms with Gasteiger partial charge in [0.2, 0.25) is 0 Å². The summed E-state index contributed by atoms with van der Waals surface area (Å²) in [5.41, 5.74) is 7.93. The zero-order valence-corrected chi connectivity index (χ0v) is 14.0. The summed E-state index contributed by atoms with van der Waals surface area (Å²) in [6.45, 7) is 5.47. The summed E-state index contributed by atoms with van der Waals surface area (Å²) in [5.74, 6) is 0.903. The number of methoxy groups -OCH3 is 1. The summed E-state index contributed by atoms with van der Waals surface area (Å²) in [6, 6.07) is 8.29. The molecule has 118 valence electrons. The van der Waals surface area contributed by atoms with Crippen LogP contribution in [-0.4, -0.2) is 26.2 Å². The highest BCUT2D eigenvalue weighted by molar-refractivity contribution is 5.52. The van der Waals surface area contributed by atoms with E-state index < -0.39 is 0 Å². The molecular formula is C18H30N2O. The predicted molar refractivity (Wildman–Crippen MR) is 90.0 cm³/mol. The molecule has 1 aromatic carbocycles. The second kappa shape index (κ2) is 6.27. The number of hydrogen-bond acceptors (Lipinski definition) is 3. The third-order valence-corrected chi connectivity index (χ3v) is 5.29. The maximum absolute atomic E-state index is 6.23. The number of likely N-dealkylation sites (N-methyl/N-ethyl adjacent to an activating group) is 1. The van der Waals surface area contributed by atoms with E-state index >= 15 is 0 Å². The summed E-state index contributed by atoms with van der Waals surface area (Å²) in [4.78, 5) is 2.39. The van der Waals surface area contributed by atoms with Crippen molar-refractivity contribution < 1.29 is 4.74 Å². The molecule has 1 atom stereocenters. The lowest BCUT2D eigenvalue weighted by molar-refractivity contribution is 0.296. The quantitative estimate of drug-likeness (QED) is 0.857. The van der Waals surface area contributed by atoms with E-state index in [-0.39, 0.29) is 5.54 Å². The molecule has 0 radical (unpaired) electrons. The van der Waals surface area contributed by atoms with Gasteiger partial charge in [0.05, 0.1) is 12.6 Å². The van der Waals surface area contributed by atoms with Crippen molar-refractivity contribution in [3.8, 4) is 5.75 Å². The van der Waals surface area contributed by atoms with Gasteiger partial charge in [-0.1, -0.05) is 26.3 Å². The summed E-state index contributed by atoms with van der Waals surface area (Å²) in [6.07, 6.45) is 6.10. The van der Waals surface area contributed by atoms with E-state index in [4.69, 9.17) is 10.5 Å². The van der Waals surface area contributed by atoms with Gasteiger partial charge in [-0.25, -0.2) is 0 Å². The molecule has 2 rings (SSSR count). The molecule has 1 aliphatic carbocycles. The molecule has 21 heavy (non-hydrogen) atoms. The second-order valence-corrected chi connectivity index (χ2v) is 7.21. The van der Waals surface area contributed by atoms with E-state index in [1.165, 1.54) is 31.4 Å². The Morgan fingerprint density at radius 2 is 1.95 bits per heavy atom. The van der Waals surface area contributed by atoms with Crippen molar-refractivity contribution >= 4 is 5.69 Å². The van der Waals surface area contributed by atoms with E-state index in [0.29, 0.717) is 12.0 Å². The molecule has 0 amide bonds. The van der Waals surface area contributed by atoms with Gasteiger partial charge in [0.25, 0.3) is 0 Å². The highest BCUT2D eigenvalue weighted by atomic mass is 16.5. The van der Waals surface area contributed by atoms with Crippen LogP contribution >= 0.6 is 0 Å². The fourth-order valence-corrected chi connectivity index (χ4v) is 3.49. The topological polar surface area (TPSA) is 38.5 Å². The highest BCUT2D eigenvalue weighted by Gasteiger charge is 2.38. The van der Waals surface area contributed by atoms with E-state index in [1.54, 1.807) is 7.11 Å². The Hall–Kier alpha value is -1.22. The number of anilines is 1. The Balaban J connectivity index is 2.26. The SMILES string of the molecule is COc1cccc(N(C)C2(CN)CCCC(C)(C)CC2)c1. The zero-order valence-electron chi connectivity index (χ0n) is 14.0. The molecule has 0 saturated heterocycles. The average molecular weight is 290 g/mol. The minimum absolute atomic E-state index is 0.0696. The zero-order chi connectivity index (χ0) is 15.5. The standard InChI is InChI=1S/C18H30N2O/c1-17(2)9-6-10-18(14-19,12-11-17)20(3)15-7-5-8-16(13-15)21-4/h5,7-8,13H,6,9-12,14,19H2,1-4H3. The van der Waals surface area contributed by atoms with Gasteiger partial charge in [-0.2, -0.15) is 0 Å². The van der Waals surface area contributed by atoms with Crippen LogP contribution < -0.4 is 15.4 Å². The van der Waals surface area contributed by atoms with E-state index in [1.807, 2.05) is 6.07 Å². The Morgan fingerprint density at radius 1 is 1.19 bits per heavy atom. The molecule has 0 heterocycles. The van der Waals surface area contributed by atoms with Gasteiger partial charge in [0.1, 0.15) is 5.75 Å². The lowest BCUT2D eigenvalue weighted by atomic mass is 9.83. The molecule has 1 saturated carbocycles. The van der Waals surface area contributed by atoms with Crippen LogP contribution in [0.25, 0.3) is 0 Å². The molecule has 1 unspecified atom stereocenters. The number of ether oxygens (including phenoxy) is 1. The summed E-state index contributed by atoms with van der Waals surface area (Å²) in [7, 11) is 3.89. The molecule has 1 fully saturated rings. The monoisotopic (exact) mass is 290 g/mol. The molecule has 0 aliphatic heterocycles. The molecular weight excluding hydrogens is 260 g/mol. The van der Waals surface area contributed by atoms with E-state index in [9.17, 15) is 0 Å². The number of nitrogens with two attached hydrogens (primary N) is 1. The lowest BCUT2D eigenvalue weighted by Gasteiger charge is -2.43. The fourth-order valence-electron chi connectivity index (χ4n) is 3.49.